The van der Waals surface area contributed by atoms with Crippen molar-refractivity contribution in [1.29, 1.82) is 0 Å². The molecule has 0 bridgehead atoms. The van der Waals surface area contributed by atoms with Crippen LogP contribution in [0.25, 0.3) is 0 Å². The molecule has 5 heteroatoms. The molecule has 1 aliphatic rings. The van der Waals surface area contributed by atoms with E-state index in [2.05, 4.69) is 5.32 Å². The fourth-order valence-electron chi connectivity index (χ4n) is 1.68. The Labute approximate surface area is 98.8 Å². The highest BCUT2D eigenvalue weighted by molar-refractivity contribution is 7.80. The summed E-state index contributed by atoms with van der Waals surface area (Å²) in [7, 11) is 0. The highest BCUT2D eigenvalue weighted by Gasteiger charge is 2.29. The van der Waals surface area contributed by atoms with Gasteiger partial charge in [-0.1, -0.05) is 30.4 Å². The van der Waals surface area contributed by atoms with Crippen molar-refractivity contribution in [2.24, 2.45) is 5.73 Å². The van der Waals surface area contributed by atoms with Crippen molar-refractivity contribution in [2.45, 2.75) is 5.92 Å². The molecule has 0 aromatic heterocycles. The minimum atomic E-state index is -0.259. The molecule has 1 aliphatic heterocycles. The van der Waals surface area contributed by atoms with E-state index in [9.17, 15) is 4.79 Å². The van der Waals surface area contributed by atoms with E-state index in [1.54, 1.807) is 0 Å². The third-order valence-electron chi connectivity index (χ3n) is 2.45. The molecular formula is C11H12N2O2S. The first-order valence-corrected chi connectivity index (χ1v) is 5.37. The average Bonchev–Trinajstić information content (AvgIpc) is 2.69. The Hall–Kier alpha value is -1.62. The van der Waals surface area contributed by atoms with Crippen LogP contribution in [-0.2, 0) is 4.79 Å². The number of amides is 1. The van der Waals surface area contributed by atoms with Crippen LogP contribution in [0.15, 0.2) is 24.3 Å². The van der Waals surface area contributed by atoms with E-state index >= 15 is 0 Å². The van der Waals surface area contributed by atoms with Gasteiger partial charge in [0.15, 0.2) is 0 Å². The fourth-order valence-corrected chi connectivity index (χ4v) is 1.75. The Morgan fingerprint density at radius 1 is 1.56 bits per heavy atom. The molecule has 1 heterocycles. The number of carbonyl (C=O) groups excluding carboxylic acids is 1. The Morgan fingerprint density at radius 2 is 2.31 bits per heavy atom. The molecule has 16 heavy (non-hydrogen) atoms. The van der Waals surface area contributed by atoms with E-state index in [0.29, 0.717) is 6.61 Å². The Morgan fingerprint density at radius 3 is 3.06 bits per heavy atom. The van der Waals surface area contributed by atoms with Crippen molar-refractivity contribution in [1.82, 2.24) is 5.32 Å². The number of carbonyl (C=O) groups is 1. The first-order valence-electron chi connectivity index (χ1n) is 4.96. The molecule has 1 aromatic carbocycles. The average molecular weight is 236 g/mol. The number of rotatable bonds is 3. The van der Waals surface area contributed by atoms with Crippen LogP contribution in [0.1, 0.15) is 11.5 Å². The van der Waals surface area contributed by atoms with Crippen LogP contribution in [-0.4, -0.2) is 24.0 Å². The molecule has 0 aliphatic carbocycles. The normalized spacial score (nSPS) is 17.4. The molecule has 0 radical (unpaired) electrons. The summed E-state index contributed by atoms with van der Waals surface area (Å²) in [5, 5.41) is 2.68. The summed E-state index contributed by atoms with van der Waals surface area (Å²) in [5.74, 6) is 0.418. The summed E-state index contributed by atoms with van der Waals surface area (Å²) in [6.45, 7) is 0.606. The maximum absolute atomic E-state index is 11.8. The minimum Gasteiger partial charge on any atom is -0.492 e. The zero-order valence-electron chi connectivity index (χ0n) is 8.60. The standard InChI is InChI=1S/C11H12N2O2S/c12-10(16)5-13-11(14)8-6-15-9-4-2-1-3-7(8)9/h1-4,8H,5-6H2,(H2,12,16)(H,13,14). The lowest BCUT2D eigenvalue weighted by molar-refractivity contribution is -0.122. The van der Waals surface area contributed by atoms with Crippen LogP contribution in [0.5, 0.6) is 5.75 Å². The lowest BCUT2D eigenvalue weighted by Gasteiger charge is -2.09. The van der Waals surface area contributed by atoms with Gasteiger partial charge in [-0.05, 0) is 6.07 Å². The van der Waals surface area contributed by atoms with Gasteiger partial charge in [0.2, 0.25) is 5.91 Å². The van der Waals surface area contributed by atoms with Gasteiger partial charge in [0.1, 0.15) is 18.3 Å². The first-order chi connectivity index (χ1) is 7.68. The zero-order chi connectivity index (χ0) is 11.5. The number of benzene rings is 1. The molecule has 0 saturated carbocycles. The van der Waals surface area contributed by atoms with E-state index < -0.39 is 0 Å². The number of nitrogens with two attached hydrogens (primary N) is 1. The largest absolute Gasteiger partial charge is 0.492 e. The maximum Gasteiger partial charge on any atom is 0.231 e. The second-order valence-electron chi connectivity index (χ2n) is 3.59. The summed E-state index contributed by atoms with van der Waals surface area (Å²) in [6.07, 6.45) is 0. The number of ether oxygens (including phenoxy) is 1. The highest BCUT2D eigenvalue weighted by atomic mass is 32.1. The van der Waals surface area contributed by atoms with E-state index in [4.69, 9.17) is 22.7 Å². The summed E-state index contributed by atoms with van der Waals surface area (Å²) in [4.78, 5) is 12.1. The number of hydrogen-bond donors (Lipinski definition) is 2. The van der Waals surface area contributed by atoms with Crippen molar-refractivity contribution in [2.75, 3.05) is 13.2 Å². The SMILES string of the molecule is NC(=S)CNC(=O)C1COc2ccccc21. The summed E-state index contributed by atoms with van der Waals surface area (Å²) in [6, 6.07) is 7.53. The van der Waals surface area contributed by atoms with Crippen molar-refractivity contribution in [3.63, 3.8) is 0 Å². The number of para-hydroxylation sites is 1. The van der Waals surface area contributed by atoms with E-state index in [1.807, 2.05) is 24.3 Å². The lowest BCUT2D eigenvalue weighted by Crippen LogP contribution is -2.36. The Bertz CT molecular complexity index is 434. The smallest absolute Gasteiger partial charge is 0.231 e. The molecule has 2 rings (SSSR count). The van der Waals surface area contributed by atoms with E-state index in [0.717, 1.165) is 11.3 Å². The molecule has 1 aromatic rings. The molecule has 84 valence electrons. The predicted octanol–water partition coefficient (Wildman–Crippen LogP) is 0.565. The topological polar surface area (TPSA) is 64.3 Å². The van der Waals surface area contributed by atoms with Gasteiger partial charge in [0, 0.05) is 5.56 Å². The molecule has 0 spiro atoms. The second kappa shape index (κ2) is 4.49. The molecule has 1 unspecified atom stereocenters. The van der Waals surface area contributed by atoms with Gasteiger partial charge in [0.25, 0.3) is 0 Å². The number of hydrogen-bond acceptors (Lipinski definition) is 3. The highest BCUT2D eigenvalue weighted by Crippen LogP contribution is 2.33. The van der Waals surface area contributed by atoms with Gasteiger partial charge < -0.3 is 15.8 Å². The van der Waals surface area contributed by atoms with Crippen LogP contribution >= 0.6 is 12.2 Å². The maximum atomic E-state index is 11.8. The monoisotopic (exact) mass is 236 g/mol. The molecule has 1 atom stereocenters. The van der Waals surface area contributed by atoms with Gasteiger partial charge in [0.05, 0.1) is 11.5 Å². The number of thiocarbonyl (C=S) groups is 1. The van der Waals surface area contributed by atoms with Crippen LogP contribution in [0.2, 0.25) is 0 Å². The van der Waals surface area contributed by atoms with E-state index in [-0.39, 0.29) is 23.4 Å². The molecule has 3 N–H and O–H groups in total. The van der Waals surface area contributed by atoms with Crippen LogP contribution < -0.4 is 15.8 Å². The van der Waals surface area contributed by atoms with Gasteiger partial charge in [-0.15, -0.1) is 0 Å². The minimum absolute atomic E-state index is 0.0993. The van der Waals surface area contributed by atoms with Crippen LogP contribution in [0, 0.1) is 0 Å². The quantitative estimate of drug-likeness (QED) is 0.753. The summed E-state index contributed by atoms with van der Waals surface area (Å²) < 4.78 is 5.41. The molecule has 0 saturated heterocycles. The van der Waals surface area contributed by atoms with Crippen molar-refractivity contribution in [3.05, 3.63) is 29.8 Å². The molecular weight excluding hydrogens is 224 g/mol. The van der Waals surface area contributed by atoms with Crippen molar-refractivity contribution < 1.29 is 9.53 Å². The molecule has 0 fully saturated rings. The third kappa shape index (κ3) is 2.14. The van der Waals surface area contributed by atoms with Gasteiger partial charge in [-0.2, -0.15) is 0 Å². The van der Waals surface area contributed by atoms with Gasteiger partial charge in [-0.25, -0.2) is 0 Å². The zero-order valence-corrected chi connectivity index (χ0v) is 9.42. The number of nitrogens with one attached hydrogen (secondary N) is 1. The Balaban J connectivity index is 2.07. The second-order valence-corrected chi connectivity index (χ2v) is 4.11. The van der Waals surface area contributed by atoms with Gasteiger partial charge >= 0.3 is 0 Å². The molecule has 4 nitrogen and oxygen atoms in total. The van der Waals surface area contributed by atoms with Crippen LogP contribution in [0.4, 0.5) is 0 Å². The van der Waals surface area contributed by atoms with Crippen molar-refractivity contribution >= 4 is 23.1 Å². The van der Waals surface area contributed by atoms with Crippen LogP contribution in [0.3, 0.4) is 0 Å². The predicted molar refractivity (Wildman–Crippen MR) is 64.5 cm³/mol. The summed E-state index contributed by atoms with van der Waals surface area (Å²) >= 11 is 4.70. The van der Waals surface area contributed by atoms with Crippen molar-refractivity contribution in [3.8, 4) is 5.75 Å². The first kappa shape index (κ1) is 10.9. The lowest BCUT2D eigenvalue weighted by atomic mass is 10.0. The summed E-state index contributed by atoms with van der Waals surface area (Å²) in [5.41, 5.74) is 6.24. The fraction of sp³-hybridized carbons (Fsp3) is 0.273. The van der Waals surface area contributed by atoms with Gasteiger partial charge in [-0.3, -0.25) is 4.79 Å². The Kier molecular flexibility index (Phi) is 3.05. The number of fused-ring (bicyclic) bond motifs is 1. The molecule has 1 amide bonds. The third-order valence-corrected chi connectivity index (χ3v) is 2.60. The van der Waals surface area contributed by atoms with E-state index in [1.165, 1.54) is 0 Å².